The van der Waals surface area contributed by atoms with Crippen LogP contribution in [0.2, 0.25) is 0 Å². The summed E-state index contributed by atoms with van der Waals surface area (Å²) in [6.45, 7) is -3.30. The van der Waals surface area contributed by atoms with Gasteiger partial charge in [0, 0.05) is 57.6 Å². The van der Waals surface area contributed by atoms with Gasteiger partial charge in [-0.25, -0.2) is 52.7 Å². The van der Waals surface area contributed by atoms with Crippen molar-refractivity contribution >= 4 is 65.7 Å². The fourth-order valence-electron chi connectivity index (χ4n) is 15.6. The summed E-state index contributed by atoms with van der Waals surface area (Å²) in [5.41, 5.74) is -23.5. The van der Waals surface area contributed by atoms with Crippen LogP contribution in [0.4, 0.5) is 0 Å². The Morgan fingerprint density at radius 3 is 0.918 bits per heavy atom. The minimum Gasteiger partial charge on any atom is -0.504 e. The third-order valence-electron chi connectivity index (χ3n) is 22.6. The number of esters is 10. The van der Waals surface area contributed by atoms with Crippen LogP contribution >= 0.6 is 0 Å². The lowest BCUT2D eigenvalue weighted by atomic mass is 9.90. The van der Waals surface area contributed by atoms with E-state index in [4.69, 9.17) is 66.3 Å². The van der Waals surface area contributed by atoms with Gasteiger partial charge in [-0.15, -0.1) is 0 Å². The molecule has 0 unspecified atom stereocenters. The molecule has 0 spiro atoms. The monoisotopic (exact) mass is 2040 g/mol. The second kappa shape index (κ2) is 36.0. The van der Waals surface area contributed by atoms with Crippen molar-refractivity contribution in [3.8, 4) is 235 Å². The molecule has 0 amide bonds. The number of phenolic OH excluding ortho intramolecular Hbond substituents is 31. The maximum absolute atomic E-state index is 16.0. The number of hydrogen-bond acceptors (Lipinski definition) is 56. The van der Waals surface area contributed by atoms with Gasteiger partial charge in [0.05, 0.1) is 50.1 Å². The van der Waals surface area contributed by atoms with Gasteiger partial charge < -0.3 is 230 Å². The van der Waals surface area contributed by atoms with Gasteiger partial charge in [0.25, 0.3) is 0 Å². The summed E-state index contributed by atoms with van der Waals surface area (Å²) in [4.78, 5) is 164. The highest BCUT2D eigenvalue weighted by Crippen LogP contribution is 2.61. The minimum absolute atomic E-state index is 0.000246. The van der Waals surface area contributed by atoms with Crippen LogP contribution < -0.4 is 9.47 Å². The van der Waals surface area contributed by atoms with Crippen LogP contribution in [-0.4, -0.2) is 304 Å². The summed E-state index contributed by atoms with van der Waals surface area (Å²) in [5, 5.41) is 354. The fourth-order valence-corrected chi connectivity index (χ4v) is 15.6. The first-order chi connectivity index (χ1) is 68.7. The molecule has 11 aromatic carbocycles. The Balaban J connectivity index is 0.867. The average Bonchev–Trinajstić information content (AvgIpc) is 0.798. The summed E-state index contributed by atoms with van der Waals surface area (Å²) in [6, 6.07) is 3.62. The van der Waals surface area contributed by atoms with E-state index in [0.717, 1.165) is 0 Å². The zero-order chi connectivity index (χ0) is 106. The number of hydrogen-bond donors (Lipinski definition) is 32. The van der Waals surface area contributed by atoms with Crippen LogP contribution in [0.15, 0.2) is 84.9 Å². The average molecular weight is 2040 g/mol. The normalized spacial score (nSPS) is 18.8. The van der Waals surface area contributed by atoms with Crippen molar-refractivity contribution in [1.82, 2.24) is 0 Å². The number of aromatic carboxylic acids is 1. The van der Waals surface area contributed by atoms with E-state index in [9.17, 15) is 187 Å². The predicted molar refractivity (Wildman–Crippen MR) is 450 cm³/mol. The number of cyclic esters (lactones) is 1. The molecule has 5 aliphatic rings. The van der Waals surface area contributed by atoms with Gasteiger partial charge in [0.2, 0.25) is 82.3 Å². The number of carboxylic acid groups (broad SMARTS) is 1. The number of carbonyl (C=O) groups is 11. The molecule has 0 aromatic heterocycles. The van der Waals surface area contributed by atoms with E-state index < -0.39 is 436 Å². The highest BCUT2D eigenvalue weighted by Gasteiger charge is 2.59. The highest BCUT2D eigenvalue weighted by molar-refractivity contribution is 6.13. The van der Waals surface area contributed by atoms with Crippen molar-refractivity contribution in [3.05, 3.63) is 146 Å². The largest absolute Gasteiger partial charge is 0.504 e. The van der Waals surface area contributed by atoms with Crippen LogP contribution in [0.5, 0.6) is 201 Å². The highest BCUT2D eigenvalue weighted by atomic mass is 16.8. The zero-order valence-corrected chi connectivity index (χ0v) is 71.3. The smallest absolute Gasteiger partial charge is 0.342 e. The molecule has 2 fully saturated rings. The summed E-state index contributed by atoms with van der Waals surface area (Å²) < 4.78 is 80.4. The molecule has 32 N–H and O–H groups in total. The SMILES string of the molecule is O=C(OC[C@H]1O[C@H](OC(=O)c2cc(O)c(O)c(O)c2)[C@H]2OC(=O)c3cc(O)c(O)c(O)c3-c3c(cc(Oc4c(C(=O)O)cc(O)c(O)c4O)c(O)c3O)C(=O)O[C@H]2[C@H]1OC(=O)c1cc(O)c(O)c(O)c1Oc1cc2c(c(O)c1O)-c1c(cc(O)c(O)c1O)C(=O)O[C@@H]1[C@H]3OC(=O)c4cc(O)c(O)c(O)c4-c4c(cc(O)c(O)c4O)C(=O)OC[C@H]3O[C@@H](OC(=O)c3cc(O)c(O)c(O)c3)[C@@H]1OC2=O)c1cc(O)c(O)c(O)c1. The molecule has 11 aromatic rings. The molecular weight excluding hydrogens is 1980 g/mol. The molecule has 0 aliphatic carbocycles. The summed E-state index contributed by atoms with van der Waals surface area (Å²) in [5.74, 6) is -78.8. The number of ether oxygens (including phenoxy) is 14. The van der Waals surface area contributed by atoms with Crippen molar-refractivity contribution in [3.63, 3.8) is 0 Å². The fraction of sp³-hybridized carbons (Fsp3) is 0.135. The molecule has 57 heteroatoms. The molecule has 0 saturated carbocycles. The Morgan fingerprint density at radius 2 is 0.548 bits per heavy atom. The van der Waals surface area contributed by atoms with Crippen LogP contribution in [0.1, 0.15) is 114 Å². The zero-order valence-electron chi connectivity index (χ0n) is 71.3. The first-order valence-electron chi connectivity index (χ1n) is 40.2. The van der Waals surface area contributed by atoms with Crippen LogP contribution in [0.3, 0.4) is 0 Å². The third-order valence-corrected chi connectivity index (χ3v) is 22.6. The predicted octanol–water partition coefficient (Wildman–Crippen LogP) is 4.62. The van der Waals surface area contributed by atoms with E-state index in [2.05, 4.69) is 0 Å². The molecule has 0 radical (unpaired) electrons. The van der Waals surface area contributed by atoms with Crippen molar-refractivity contribution in [1.29, 1.82) is 0 Å². The number of rotatable bonds is 14. The number of carboxylic acids is 1. The Morgan fingerprint density at radius 1 is 0.267 bits per heavy atom. The summed E-state index contributed by atoms with van der Waals surface area (Å²) in [7, 11) is 0. The molecular formula is C89H60O57. The lowest BCUT2D eigenvalue weighted by Gasteiger charge is -2.44. The first-order valence-corrected chi connectivity index (χ1v) is 40.2. The molecule has 16 rings (SSSR count). The molecule has 2 saturated heterocycles. The number of benzene rings is 11. The first kappa shape index (κ1) is 98.0. The molecule has 57 nitrogen and oxygen atoms in total. The van der Waals surface area contributed by atoms with Gasteiger partial charge in [0.15, 0.2) is 168 Å². The van der Waals surface area contributed by atoms with Gasteiger partial charge >= 0.3 is 65.7 Å². The van der Waals surface area contributed by atoms with E-state index in [-0.39, 0.29) is 42.5 Å². The molecule has 146 heavy (non-hydrogen) atoms. The topological polar surface area (TPSA) is 964 Å². The Labute approximate surface area is 800 Å². The third kappa shape index (κ3) is 16.5. The molecule has 0 bridgehead atoms. The van der Waals surface area contributed by atoms with Crippen LogP contribution in [0, 0.1) is 0 Å². The Kier molecular flexibility index (Phi) is 24.2. The minimum atomic E-state index is -3.21. The van der Waals surface area contributed by atoms with Crippen molar-refractivity contribution in [2.45, 2.75) is 61.4 Å². The summed E-state index contributed by atoms with van der Waals surface area (Å²) in [6.07, 6.45) is -29.7. The lowest BCUT2D eigenvalue weighted by molar-refractivity contribution is -0.283. The van der Waals surface area contributed by atoms with Gasteiger partial charge in [0.1, 0.15) is 36.5 Å². The molecule has 5 heterocycles. The standard InChI is InChI=1S/C89H60O57/c90-28-1-17(2-29(91)50(28)102)78(123)133-15-42-72(74-75(88(137-42)145-79(124)18-3-30(92)51(103)31(93)4-18)143-84(129)23-10-37(99)56(108)64(116)47(23)48-24(85(130)142-74)13-40(59(111)65(48)117)135-69-26(77(121)122)11-38(100)57(109)67(69)119)140-87(132)27-12-39(101)58(110)68(120)70(27)136-41-14-25-49(66(118)60(41)112)46-22(9-36(98)55(107)63(46)115)83(128)141-73-71-43(138-89(76(73)144-86(25)131)146-80(125)19-5-32(94)52(104)33(95)6-19)16-134-81(126)20-7-34(96)53(105)61(113)44(20)45-21(82(127)139-71)8-35(97)54(106)62(45)114/h1-14,42-43,71-76,88-120H,15-16H2,(H,121,122)/t42-,43-,71+,72+,73-,74+,75+,76-,88-,89+/m1/s1. The van der Waals surface area contributed by atoms with Crippen molar-refractivity contribution in [2.75, 3.05) is 13.2 Å². The van der Waals surface area contributed by atoms with Crippen LogP contribution in [-0.2, 0) is 56.8 Å². The maximum atomic E-state index is 16.0. The van der Waals surface area contributed by atoms with Gasteiger partial charge in [-0.2, -0.15) is 0 Å². The summed E-state index contributed by atoms with van der Waals surface area (Å²) >= 11 is 0. The second-order valence-electron chi connectivity index (χ2n) is 31.4. The van der Waals surface area contributed by atoms with E-state index in [0.29, 0.717) is 42.5 Å². The van der Waals surface area contributed by atoms with Gasteiger partial charge in [-0.05, 0) is 60.7 Å². The second-order valence-corrected chi connectivity index (χ2v) is 31.4. The number of fused-ring (bicyclic) bond motifs is 13. The van der Waals surface area contributed by atoms with E-state index in [1.54, 1.807) is 0 Å². The maximum Gasteiger partial charge on any atom is 0.342 e. The quantitative estimate of drug-likeness (QED) is 0.0401. The van der Waals surface area contributed by atoms with E-state index in [1.807, 2.05) is 0 Å². The Bertz CT molecular complexity index is 7550. The molecule has 10 atom stereocenters. The number of aromatic hydroxyl groups is 31. The van der Waals surface area contributed by atoms with Crippen molar-refractivity contribution < 1.29 is 282 Å². The number of carbonyl (C=O) groups excluding carboxylic acids is 10. The van der Waals surface area contributed by atoms with Gasteiger partial charge in [-0.3, -0.25) is 0 Å². The van der Waals surface area contributed by atoms with Gasteiger partial charge in [-0.1, -0.05) is 0 Å². The van der Waals surface area contributed by atoms with Crippen molar-refractivity contribution in [2.24, 2.45) is 0 Å². The van der Waals surface area contributed by atoms with E-state index in [1.165, 1.54) is 0 Å². The van der Waals surface area contributed by atoms with Crippen LogP contribution in [0.25, 0.3) is 33.4 Å². The number of phenols is 31. The molecule has 758 valence electrons. The lowest BCUT2D eigenvalue weighted by Crippen LogP contribution is -2.63. The molecule has 5 aliphatic heterocycles. The van der Waals surface area contributed by atoms with E-state index >= 15 is 28.8 Å². The Hall–Kier alpha value is -21.1.